The van der Waals surface area contributed by atoms with Crippen LogP contribution in [0.4, 0.5) is 17.1 Å². The summed E-state index contributed by atoms with van der Waals surface area (Å²) in [5, 5.41) is 20.2. The Hall–Kier alpha value is -2.65. The first kappa shape index (κ1) is 15.7. The van der Waals surface area contributed by atoms with Gasteiger partial charge in [-0.2, -0.15) is 15.5 Å². The monoisotopic (exact) mass is 309 g/mol. The third kappa shape index (κ3) is 4.43. The van der Waals surface area contributed by atoms with E-state index in [0.29, 0.717) is 5.17 Å². The van der Waals surface area contributed by atoms with Gasteiger partial charge in [0.2, 0.25) is 0 Å². The highest BCUT2D eigenvalue weighted by atomic mass is 32.2. The first-order valence-electron chi connectivity index (χ1n) is 6.58. The van der Waals surface area contributed by atoms with E-state index in [2.05, 4.69) is 20.5 Å². The number of aryl methyl sites for hydroxylation is 1. The number of aliphatic imine (C=N–C) groups is 1. The average molecular weight is 309 g/mol. The highest BCUT2D eigenvalue weighted by Gasteiger charge is 2.01. The molecule has 22 heavy (non-hydrogen) atoms. The molecule has 2 aromatic carbocycles. The average Bonchev–Trinajstić information content (AvgIpc) is 2.55. The Kier molecular flexibility index (Phi) is 5.69. The van der Waals surface area contributed by atoms with Gasteiger partial charge in [-0.05, 0) is 49.1 Å². The summed E-state index contributed by atoms with van der Waals surface area (Å²) in [7, 11) is 0. The number of thioether (sulfide) groups is 1. The van der Waals surface area contributed by atoms with Crippen LogP contribution < -0.4 is 5.32 Å². The number of nitrogens with zero attached hydrogens (tertiary/aromatic N) is 4. The second-order valence-corrected chi connectivity index (χ2v) is 5.16. The summed E-state index contributed by atoms with van der Waals surface area (Å²) >= 11 is 1.38. The molecule has 1 N–H and O–H groups in total. The van der Waals surface area contributed by atoms with Gasteiger partial charge in [0.05, 0.1) is 17.1 Å². The third-order valence-corrected chi connectivity index (χ3v) is 3.38. The second kappa shape index (κ2) is 7.96. The molecule has 0 amide bonds. The molecular formula is C16H15N5S. The van der Waals surface area contributed by atoms with Gasteiger partial charge in [-0.25, -0.2) is 4.99 Å². The van der Waals surface area contributed by atoms with E-state index in [9.17, 15) is 0 Å². The summed E-state index contributed by atoms with van der Waals surface area (Å²) in [6.07, 6.45) is 3.74. The fourth-order valence-electron chi connectivity index (χ4n) is 1.72. The number of nitrogens with one attached hydrogen (secondary N) is 1. The fourth-order valence-corrected chi connectivity index (χ4v) is 2.06. The highest BCUT2D eigenvalue weighted by molar-refractivity contribution is 8.13. The first-order valence-corrected chi connectivity index (χ1v) is 7.80. The number of azo groups is 1. The van der Waals surface area contributed by atoms with Gasteiger partial charge in [-0.1, -0.05) is 30.0 Å². The van der Waals surface area contributed by atoms with Gasteiger partial charge >= 0.3 is 0 Å². The molecule has 0 unspecified atom stereocenters. The third-order valence-electron chi connectivity index (χ3n) is 2.80. The fraction of sp³-hybridized carbons (Fsp3) is 0.125. The van der Waals surface area contributed by atoms with E-state index in [-0.39, 0.29) is 0 Å². The molecule has 0 radical (unpaired) electrons. The van der Waals surface area contributed by atoms with Gasteiger partial charge in [0.1, 0.15) is 0 Å². The van der Waals surface area contributed by atoms with Crippen molar-refractivity contribution in [2.24, 2.45) is 15.2 Å². The Morgan fingerprint density at radius 3 is 2.45 bits per heavy atom. The molecule has 110 valence electrons. The minimum atomic E-state index is 0.560. The van der Waals surface area contributed by atoms with Gasteiger partial charge in [0, 0.05) is 0 Å². The van der Waals surface area contributed by atoms with Crippen molar-refractivity contribution in [1.82, 2.24) is 5.32 Å². The molecule has 0 aliphatic carbocycles. The van der Waals surface area contributed by atoms with E-state index in [1.165, 1.54) is 11.8 Å². The van der Waals surface area contributed by atoms with Crippen molar-refractivity contribution in [1.29, 1.82) is 5.26 Å². The van der Waals surface area contributed by atoms with Gasteiger partial charge in [-0.15, -0.1) is 0 Å². The van der Waals surface area contributed by atoms with Crippen LogP contribution in [0.1, 0.15) is 5.56 Å². The zero-order valence-electron chi connectivity index (χ0n) is 12.3. The molecule has 0 aliphatic heterocycles. The Bertz CT molecular complexity index is 732. The maximum atomic E-state index is 8.65. The summed E-state index contributed by atoms with van der Waals surface area (Å²) in [4.78, 5) is 4.40. The summed E-state index contributed by atoms with van der Waals surface area (Å²) < 4.78 is 0. The molecule has 2 rings (SSSR count). The molecule has 0 aliphatic rings. The van der Waals surface area contributed by atoms with Crippen LogP contribution in [0, 0.1) is 18.4 Å². The van der Waals surface area contributed by atoms with Gasteiger partial charge < -0.3 is 0 Å². The zero-order chi connectivity index (χ0) is 15.8. The minimum absolute atomic E-state index is 0.560. The van der Waals surface area contributed by atoms with E-state index in [1.807, 2.05) is 67.9 Å². The largest absolute Gasteiger partial charge is 0.271 e. The van der Waals surface area contributed by atoms with Gasteiger partial charge in [-0.3, -0.25) is 5.32 Å². The first-order chi connectivity index (χ1) is 10.7. The molecule has 5 nitrogen and oxygen atoms in total. The van der Waals surface area contributed by atoms with E-state index in [4.69, 9.17) is 5.26 Å². The quantitative estimate of drug-likeness (QED) is 0.290. The van der Waals surface area contributed by atoms with E-state index >= 15 is 0 Å². The van der Waals surface area contributed by atoms with Crippen LogP contribution >= 0.6 is 11.8 Å². The minimum Gasteiger partial charge on any atom is -0.271 e. The van der Waals surface area contributed by atoms with Crippen LogP contribution in [0.25, 0.3) is 0 Å². The summed E-state index contributed by atoms with van der Waals surface area (Å²) in [5.74, 6) is 0. The van der Waals surface area contributed by atoms with Gasteiger partial charge in [0.25, 0.3) is 0 Å². The maximum absolute atomic E-state index is 8.65. The second-order valence-electron chi connectivity index (χ2n) is 4.36. The van der Waals surface area contributed by atoms with E-state index < -0.39 is 0 Å². The normalized spacial score (nSPS) is 11.4. The summed E-state index contributed by atoms with van der Waals surface area (Å²) in [6, 6.07) is 15.2. The summed E-state index contributed by atoms with van der Waals surface area (Å²) in [6.45, 7) is 1.95. The molecule has 0 atom stereocenters. The van der Waals surface area contributed by atoms with Crippen LogP contribution in [-0.4, -0.2) is 11.4 Å². The lowest BCUT2D eigenvalue weighted by molar-refractivity contribution is 1.22. The molecule has 0 heterocycles. The standard InChI is InChI=1S/C16H15N5S/c1-12-10-14(21-20-13-6-4-3-5-7-13)8-9-15(12)19-16(22-2)18-11-17/h3-10H,1-2H3,(H,18,19). The number of rotatable bonds is 3. The van der Waals surface area contributed by atoms with Crippen molar-refractivity contribution in [3.8, 4) is 6.19 Å². The van der Waals surface area contributed by atoms with Crippen molar-refractivity contribution in [2.45, 2.75) is 6.92 Å². The van der Waals surface area contributed by atoms with Crippen molar-refractivity contribution < 1.29 is 0 Å². The number of hydrogen-bond acceptors (Lipinski definition) is 5. The Labute approximate surface area is 133 Å². The molecule has 0 bridgehead atoms. The predicted molar refractivity (Wildman–Crippen MR) is 91.2 cm³/mol. The molecule has 0 saturated carbocycles. The predicted octanol–water partition coefficient (Wildman–Crippen LogP) is 4.83. The highest BCUT2D eigenvalue weighted by Crippen LogP contribution is 2.26. The molecule has 0 fully saturated rings. The molecular weight excluding hydrogens is 294 g/mol. The molecule has 0 aromatic heterocycles. The Morgan fingerprint density at radius 1 is 1.09 bits per heavy atom. The van der Waals surface area contributed by atoms with Crippen molar-refractivity contribution in [3.05, 3.63) is 54.1 Å². The number of nitriles is 1. The van der Waals surface area contributed by atoms with Gasteiger partial charge in [0.15, 0.2) is 11.4 Å². The Balaban J connectivity index is 2.20. The molecule has 0 saturated heterocycles. The summed E-state index contributed by atoms with van der Waals surface area (Å²) in [5.41, 5.74) is 3.34. The van der Waals surface area contributed by atoms with Crippen LogP contribution in [0.3, 0.4) is 0 Å². The van der Waals surface area contributed by atoms with E-state index in [0.717, 1.165) is 22.6 Å². The smallest absolute Gasteiger partial charge is 0.183 e. The lowest BCUT2D eigenvalue weighted by atomic mass is 10.2. The topological polar surface area (TPSA) is 72.9 Å². The SMILES string of the molecule is CSC(=Nc1ccc(N=Nc2ccccc2)cc1C)NC#N. The van der Waals surface area contributed by atoms with Crippen LogP contribution in [0.5, 0.6) is 0 Å². The van der Waals surface area contributed by atoms with Crippen LogP contribution in [0.2, 0.25) is 0 Å². The maximum Gasteiger partial charge on any atom is 0.183 e. The number of amidine groups is 1. The van der Waals surface area contributed by atoms with Crippen LogP contribution in [-0.2, 0) is 0 Å². The lowest BCUT2D eigenvalue weighted by Gasteiger charge is -2.04. The van der Waals surface area contributed by atoms with E-state index in [1.54, 1.807) is 0 Å². The molecule has 6 heteroatoms. The number of benzene rings is 2. The lowest BCUT2D eigenvalue weighted by Crippen LogP contribution is -2.12. The Morgan fingerprint density at radius 2 is 1.82 bits per heavy atom. The van der Waals surface area contributed by atoms with Crippen LogP contribution in [0.15, 0.2) is 63.8 Å². The zero-order valence-corrected chi connectivity index (χ0v) is 13.1. The molecule has 2 aromatic rings. The van der Waals surface area contributed by atoms with Crippen molar-refractivity contribution in [3.63, 3.8) is 0 Å². The van der Waals surface area contributed by atoms with Crippen molar-refractivity contribution in [2.75, 3.05) is 6.26 Å². The molecule has 0 spiro atoms. The number of hydrogen-bond donors (Lipinski definition) is 1. The van der Waals surface area contributed by atoms with Crippen molar-refractivity contribution >= 4 is 34.0 Å².